The molecule has 2 aromatic rings. The monoisotopic (exact) mass is 353 g/mol. The molecule has 3 aliphatic rings. The Morgan fingerprint density at radius 2 is 2.00 bits per heavy atom. The van der Waals surface area contributed by atoms with E-state index in [1.807, 2.05) is 6.07 Å². The van der Waals surface area contributed by atoms with Gasteiger partial charge in [-0.3, -0.25) is 9.59 Å². The van der Waals surface area contributed by atoms with E-state index in [1.165, 1.54) is 25.7 Å². The minimum atomic E-state index is -0.286. The second-order valence-corrected chi connectivity index (χ2v) is 7.84. The molecule has 1 aromatic carbocycles. The van der Waals surface area contributed by atoms with Crippen molar-refractivity contribution in [1.29, 1.82) is 0 Å². The molecule has 2 saturated carbocycles. The largest absolute Gasteiger partial charge is 0.377 e. The quantitative estimate of drug-likeness (QED) is 0.886. The number of hydrogen-bond acceptors (Lipinski definition) is 4. The molecule has 1 aromatic heterocycles. The van der Waals surface area contributed by atoms with Gasteiger partial charge in [0, 0.05) is 24.5 Å². The van der Waals surface area contributed by atoms with E-state index in [9.17, 15) is 9.59 Å². The van der Waals surface area contributed by atoms with Crippen molar-refractivity contribution in [2.45, 2.75) is 44.2 Å². The summed E-state index contributed by atoms with van der Waals surface area (Å²) in [6.45, 7) is 0.788. The Hall–Kier alpha value is -2.21. The Bertz CT molecular complexity index is 898. The van der Waals surface area contributed by atoms with Gasteiger partial charge in [0.05, 0.1) is 17.0 Å². The Morgan fingerprint density at radius 3 is 2.85 bits per heavy atom. The molecular weight excluding hydrogens is 330 g/mol. The molecule has 1 amide bonds. The number of fused-ring (bicyclic) bond motifs is 2. The van der Waals surface area contributed by atoms with Gasteiger partial charge in [0.2, 0.25) is 0 Å². The number of rotatable bonds is 3. The minimum Gasteiger partial charge on any atom is -0.377 e. The van der Waals surface area contributed by atoms with Gasteiger partial charge in [0.1, 0.15) is 0 Å². The van der Waals surface area contributed by atoms with E-state index in [4.69, 9.17) is 4.74 Å². The molecule has 26 heavy (non-hydrogen) atoms. The summed E-state index contributed by atoms with van der Waals surface area (Å²) in [7, 11) is 0. The van der Waals surface area contributed by atoms with Crippen molar-refractivity contribution in [2.24, 2.45) is 17.8 Å². The summed E-state index contributed by atoms with van der Waals surface area (Å²) in [5.41, 5.74) is 0.271. The number of hydrogen-bond donors (Lipinski definition) is 2. The fraction of sp³-hybridized carbons (Fsp3) is 0.550. The van der Waals surface area contributed by atoms with Crippen molar-refractivity contribution in [1.82, 2.24) is 15.3 Å². The number of nitrogens with zero attached hydrogens (tertiary/aromatic N) is 1. The van der Waals surface area contributed by atoms with E-state index < -0.39 is 0 Å². The number of H-pyrrole nitrogens is 1. The number of benzene rings is 1. The summed E-state index contributed by atoms with van der Waals surface area (Å²) in [4.78, 5) is 32.0. The fourth-order valence-electron chi connectivity index (χ4n) is 5.27. The summed E-state index contributed by atoms with van der Waals surface area (Å²) in [6.07, 6.45) is 6.31. The molecule has 6 heteroatoms. The third-order valence-electron chi connectivity index (χ3n) is 6.51. The van der Waals surface area contributed by atoms with Gasteiger partial charge >= 0.3 is 0 Å². The minimum absolute atomic E-state index is 0.0984. The highest BCUT2D eigenvalue weighted by atomic mass is 16.5. The van der Waals surface area contributed by atoms with Crippen molar-refractivity contribution in [2.75, 3.05) is 6.61 Å². The van der Waals surface area contributed by atoms with Gasteiger partial charge in [0.25, 0.3) is 11.5 Å². The molecule has 6 nitrogen and oxygen atoms in total. The maximum atomic E-state index is 12.8. The van der Waals surface area contributed by atoms with Crippen molar-refractivity contribution >= 4 is 16.8 Å². The number of carbonyl (C=O) groups is 1. The first-order valence-electron chi connectivity index (χ1n) is 9.64. The lowest BCUT2D eigenvalue weighted by Crippen LogP contribution is -2.63. The van der Waals surface area contributed by atoms with Crippen LogP contribution in [0.15, 0.2) is 29.1 Å². The summed E-state index contributed by atoms with van der Waals surface area (Å²) in [5.74, 6) is 1.26. The van der Waals surface area contributed by atoms with Crippen LogP contribution in [0.5, 0.6) is 0 Å². The molecule has 2 heterocycles. The first-order valence-corrected chi connectivity index (χ1v) is 9.64. The summed E-state index contributed by atoms with van der Waals surface area (Å²) < 4.78 is 5.95. The third kappa shape index (κ3) is 2.47. The lowest BCUT2D eigenvalue weighted by atomic mass is 9.61. The maximum Gasteiger partial charge on any atom is 0.287 e. The van der Waals surface area contributed by atoms with Gasteiger partial charge in [0.15, 0.2) is 5.82 Å². The number of para-hydroxylation sites is 1. The number of aromatic nitrogens is 2. The standard InChI is InChI=1S/C20H23N3O3/c24-19-12-7-3-4-8-14(12)21-18(23-19)20(25)22-16-13-9-10-26-17(13)15(16)11-5-1-2-6-11/h3-4,7-8,11,13,15-17H,1-2,5-6,9-10H2,(H,22,25)(H,21,23,24)/t13-,15+,16+,17-/m1/s1. The molecule has 0 radical (unpaired) electrons. The van der Waals surface area contributed by atoms with Crippen molar-refractivity contribution in [3.8, 4) is 0 Å². The number of nitrogens with one attached hydrogen (secondary N) is 2. The lowest BCUT2D eigenvalue weighted by Gasteiger charge is -2.50. The molecule has 0 unspecified atom stereocenters. The molecule has 1 aliphatic heterocycles. The average Bonchev–Trinajstić information content (AvgIpc) is 3.30. The van der Waals surface area contributed by atoms with E-state index in [0.29, 0.717) is 34.8 Å². The Balaban J connectivity index is 1.40. The fourth-order valence-corrected chi connectivity index (χ4v) is 5.27. The SMILES string of the molecule is O=C(N[C@H]1[C@H]2CCO[C@H]2[C@H]1C1CCCC1)c1nc2ccccc2c(=O)[nH]1. The number of ether oxygens (including phenoxy) is 1. The Labute approximate surface area is 151 Å². The van der Waals surface area contributed by atoms with Gasteiger partial charge in [-0.15, -0.1) is 0 Å². The zero-order valence-corrected chi connectivity index (χ0v) is 14.6. The van der Waals surface area contributed by atoms with Crippen LogP contribution in [0.2, 0.25) is 0 Å². The van der Waals surface area contributed by atoms with Crippen LogP contribution in [0.25, 0.3) is 10.9 Å². The molecule has 0 bridgehead atoms. The number of carbonyl (C=O) groups excluding carboxylic acids is 1. The average molecular weight is 353 g/mol. The first kappa shape index (κ1) is 16.0. The van der Waals surface area contributed by atoms with Gasteiger partial charge in [-0.1, -0.05) is 37.8 Å². The number of amides is 1. The zero-order valence-electron chi connectivity index (χ0n) is 14.6. The highest BCUT2D eigenvalue weighted by Gasteiger charge is 2.57. The molecule has 5 rings (SSSR count). The van der Waals surface area contributed by atoms with Crippen molar-refractivity contribution < 1.29 is 9.53 Å². The van der Waals surface area contributed by atoms with E-state index >= 15 is 0 Å². The van der Waals surface area contributed by atoms with Crippen LogP contribution in [-0.4, -0.2) is 34.6 Å². The van der Waals surface area contributed by atoms with Crippen molar-refractivity contribution in [3.63, 3.8) is 0 Å². The molecule has 2 aliphatic carbocycles. The summed E-state index contributed by atoms with van der Waals surface area (Å²) >= 11 is 0. The molecule has 136 valence electrons. The highest BCUT2D eigenvalue weighted by Crippen LogP contribution is 2.51. The van der Waals surface area contributed by atoms with Crippen molar-refractivity contribution in [3.05, 3.63) is 40.4 Å². The smallest absolute Gasteiger partial charge is 0.287 e. The summed E-state index contributed by atoms with van der Waals surface area (Å²) in [6, 6.07) is 7.21. The van der Waals surface area contributed by atoms with Gasteiger partial charge < -0.3 is 15.0 Å². The number of aromatic amines is 1. The van der Waals surface area contributed by atoms with E-state index in [0.717, 1.165) is 13.0 Å². The van der Waals surface area contributed by atoms with Crippen LogP contribution in [0.1, 0.15) is 42.7 Å². The van der Waals surface area contributed by atoms with Gasteiger partial charge in [-0.05, 0) is 24.5 Å². The predicted octanol–water partition coefficient (Wildman–Crippen LogP) is 2.25. The van der Waals surface area contributed by atoms with Gasteiger partial charge in [-0.2, -0.15) is 0 Å². The second-order valence-electron chi connectivity index (χ2n) is 7.84. The van der Waals surface area contributed by atoms with E-state index in [2.05, 4.69) is 15.3 Å². The molecule has 1 saturated heterocycles. The van der Waals surface area contributed by atoms with E-state index in [1.54, 1.807) is 18.2 Å². The Kier molecular flexibility index (Phi) is 3.81. The van der Waals surface area contributed by atoms with E-state index in [-0.39, 0.29) is 23.3 Å². The molecule has 2 N–H and O–H groups in total. The van der Waals surface area contributed by atoms with Crippen LogP contribution < -0.4 is 10.9 Å². The molecule has 4 atom stereocenters. The highest BCUT2D eigenvalue weighted by molar-refractivity contribution is 5.92. The van der Waals surface area contributed by atoms with Crippen LogP contribution in [0, 0.1) is 17.8 Å². The van der Waals surface area contributed by atoms with Crippen LogP contribution in [-0.2, 0) is 4.74 Å². The molecule has 3 fully saturated rings. The maximum absolute atomic E-state index is 12.8. The molecular formula is C20H23N3O3. The Morgan fingerprint density at radius 1 is 1.19 bits per heavy atom. The zero-order chi connectivity index (χ0) is 17.7. The third-order valence-corrected chi connectivity index (χ3v) is 6.51. The van der Waals surface area contributed by atoms with Crippen LogP contribution >= 0.6 is 0 Å². The van der Waals surface area contributed by atoms with Gasteiger partial charge in [-0.25, -0.2) is 4.98 Å². The lowest BCUT2D eigenvalue weighted by molar-refractivity contribution is -0.0785. The second kappa shape index (κ2) is 6.20. The van der Waals surface area contributed by atoms with Crippen LogP contribution in [0.4, 0.5) is 0 Å². The molecule has 0 spiro atoms. The predicted molar refractivity (Wildman–Crippen MR) is 96.9 cm³/mol. The topological polar surface area (TPSA) is 84.1 Å². The normalized spacial score (nSPS) is 30.9. The summed E-state index contributed by atoms with van der Waals surface area (Å²) in [5, 5.41) is 3.67. The first-order chi connectivity index (χ1) is 12.7. The van der Waals surface area contributed by atoms with Crippen LogP contribution in [0.3, 0.4) is 0 Å².